The summed E-state index contributed by atoms with van der Waals surface area (Å²) in [5.41, 5.74) is 6.64. The van der Waals surface area contributed by atoms with Crippen molar-refractivity contribution in [3.63, 3.8) is 0 Å². The minimum absolute atomic E-state index is 0.0212. The van der Waals surface area contributed by atoms with E-state index in [1.54, 1.807) is 30.6 Å². The third kappa shape index (κ3) is 2.81. The first kappa shape index (κ1) is 11.1. The van der Waals surface area contributed by atoms with E-state index in [-0.39, 0.29) is 5.43 Å². The molecule has 0 unspecified atom stereocenters. The number of carbonyl (C=O) groups is 1. The quantitative estimate of drug-likeness (QED) is 0.851. The van der Waals surface area contributed by atoms with Crippen LogP contribution in [-0.2, 0) is 6.54 Å². The number of nitrogens with zero attached hydrogens (tertiary/aromatic N) is 1. The fourth-order valence-corrected chi connectivity index (χ4v) is 1.58. The van der Waals surface area contributed by atoms with Gasteiger partial charge in [-0.1, -0.05) is 12.1 Å². The van der Waals surface area contributed by atoms with Gasteiger partial charge >= 0.3 is 0 Å². The number of carbonyl (C=O) groups excluding carboxylic acids is 1. The molecule has 0 bridgehead atoms. The summed E-state index contributed by atoms with van der Waals surface area (Å²) in [4.78, 5) is 22.0. The van der Waals surface area contributed by atoms with Crippen molar-refractivity contribution in [3.8, 4) is 0 Å². The average Bonchev–Trinajstić information content (AvgIpc) is 2.32. The van der Waals surface area contributed by atoms with Gasteiger partial charge < -0.3 is 10.3 Å². The number of pyridine rings is 1. The van der Waals surface area contributed by atoms with Crippen LogP contribution >= 0.6 is 0 Å². The maximum Gasteiger partial charge on any atom is 0.248 e. The zero-order valence-electron chi connectivity index (χ0n) is 9.17. The molecule has 2 rings (SSSR count). The number of hydrogen-bond donors (Lipinski definition) is 1. The summed E-state index contributed by atoms with van der Waals surface area (Å²) in [6, 6.07) is 10.1. The summed E-state index contributed by atoms with van der Waals surface area (Å²) in [6.07, 6.45) is 3.42. The molecule has 1 heterocycles. The lowest BCUT2D eigenvalue weighted by Crippen LogP contribution is -2.11. The van der Waals surface area contributed by atoms with Crippen molar-refractivity contribution >= 4 is 5.91 Å². The molecule has 0 atom stereocenters. The number of rotatable bonds is 3. The van der Waals surface area contributed by atoms with Crippen LogP contribution in [0.2, 0.25) is 0 Å². The summed E-state index contributed by atoms with van der Waals surface area (Å²) in [7, 11) is 0. The molecule has 0 saturated carbocycles. The van der Waals surface area contributed by atoms with Crippen LogP contribution in [0.4, 0.5) is 0 Å². The van der Waals surface area contributed by atoms with Crippen molar-refractivity contribution in [1.82, 2.24) is 4.57 Å². The normalized spacial score (nSPS) is 10.1. The standard InChI is InChI=1S/C13H12N2O2/c14-13(17)11-3-1-2-10(8-11)9-15-6-4-12(16)5-7-15/h1-8H,9H2,(H2,14,17). The first-order chi connectivity index (χ1) is 8.15. The molecule has 2 N–H and O–H groups in total. The Kier molecular flexibility index (Phi) is 3.05. The van der Waals surface area contributed by atoms with E-state index in [0.717, 1.165) is 5.56 Å². The van der Waals surface area contributed by atoms with Crippen LogP contribution in [0, 0.1) is 0 Å². The van der Waals surface area contributed by atoms with Crippen molar-refractivity contribution in [2.75, 3.05) is 0 Å². The fourth-order valence-electron chi connectivity index (χ4n) is 1.58. The van der Waals surface area contributed by atoms with E-state index in [0.29, 0.717) is 12.1 Å². The molecule has 1 amide bonds. The van der Waals surface area contributed by atoms with E-state index in [2.05, 4.69) is 0 Å². The van der Waals surface area contributed by atoms with Crippen LogP contribution in [0.5, 0.6) is 0 Å². The number of aromatic nitrogens is 1. The number of hydrogen-bond acceptors (Lipinski definition) is 2. The highest BCUT2D eigenvalue weighted by atomic mass is 16.1. The van der Waals surface area contributed by atoms with E-state index < -0.39 is 5.91 Å². The highest BCUT2D eigenvalue weighted by Crippen LogP contribution is 2.06. The number of benzene rings is 1. The molecule has 1 aromatic heterocycles. The van der Waals surface area contributed by atoms with Crippen molar-refractivity contribution in [2.24, 2.45) is 5.73 Å². The summed E-state index contributed by atoms with van der Waals surface area (Å²) >= 11 is 0. The van der Waals surface area contributed by atoms with Crippen molar-refractivity contribution in [2.45, 2.75) is 6.54 Å². The Morgan fingerprint density at radius 2 is 1.88 bits per heavy atom. The smallest absolute Gasteiger partial charge is 0.248 e. The minimum Gasteiger partial charge on any atom is -0.366 e. The SMILES string of the molecule is NC(=O)c1cccc(Cn2ccc(=O)cc2)c1. The molecule has 0 aliphatic heterocycles. The molecule has 0 radical (unpaired) electrons. The van der Waals surface area contributed by atoms with Gasteiger partial charge in [0.2, 0.25) is 5.91 Å². The van der Waals surface area contributed by atoms with E-state index in [1.165, 1.54) is 12.1 Å². The minimum atomic E-state index is -0.438. The lowest BCUT2D eigenvalue weighted by Gasteiger charge is -2.06. The first-order valence-electron chi connectivity index (χ1n) is 5.20. The van der Waals surface area contributed by atoms with Gasteiger partial charge in [-0.05, 0) is 17.7 Å². The van der Waals surface area contributed by atoms with Crippen LogP contribution in [0.25, 0.3) is 0 Å². The fraction of sp³-hybridized carbons (Fsp3) is 0.0769. The predicted octanol–water partition coefficient (Wildman–Crippen LogP) is 0.996. The second-order valence-electron chi connectivity index (χ2n) is 3.77. The van der Waals surface area contributed by atoms with Gasteiger partial charge in [0.05, 0.1) is 0 Å². The van der Waals surface area contributed by atoms with Crippen LogP contribution in [0.1, 0.15) is 15.9 Å². The molecule has 0 fully saturated rings. The number of primary amides is 1. The Morgan fingerprint density at radius 1 is 1.18 bits per heavy atom. The third-order valence-corrected chi connectivity index (χ3v) is 2.44. The Bertz CT molecular complexity index is 582. The maximum absolute atomic E-state index is 11.0. The Balaban J connectivity index is 2.24. The van der Waals surface area contributed by atoms with Crippen LogP contribution in [-0.4, -0.2) is 10.5 Å². The highest BCUT2D eigenvalue weighted by molar-refractivity contribution is 5.92. The van der Waals surface area contributed by atoms with Crippen molar-refractivity contribution in [3.05, 3.63) is 70.1 Å². The van der Waals surface area contributed by atoms with Gasteiger partial charge in [0.1, 0.15) is 0 Å². The van der Waals surface area contributed by atoms with Crippen molar-refractivity contribution < 1.29 is 4.79 Å². The zero-order valence-corrected chi connectivity index (χ0v) is 9.17. The van der Waals surface area contributed by atoms with Gasteiger partial charge in [0.15, 0.2) is 5.43 Å². The number of nitrogens with two attached hydrogens (primary N) is 1. The first-order valence-corrected chi connectivity index (χ1v) is 5.20. The number of amides is 1. The van der Waals surface area contributed by atoms with E-state index >= 15 is 0 Å². The monoisotopic (exact) mass is 228 g/mol. The molecular formula is C13H12N2O2. The van der Waals surface area contributed by atoms with Crippen LogP contribution < -0.4 is 11.2 Å². The Labute approximate surface area is 98.3 Å². The molecule has 0 aliphatic carbocycles. The van der Waals surface area contributed by atoms with Gasteiger partial charge in [0.25, 0.3) is 0 Å². The summed E-state index contributed by atoms with van der Waals surface area (Å²) in [5.74, 6) is -0.438. The lowest BCUT2D eigenvalue weighted by molar-refractivity contribution is 0.1000. The Morgan fingerprint density at radius 3 is 2.53 bits per heavy atom. The van der Waals surface area contributed by atoms with Gasteiger partial charge in [-0.3, -0.25) is 9.59 Å². The van der Waals surface area contributed by atoms with Crippen LogP contribution in [0.3, 0.4) is 0 Å². The second kappa shape index (κ2) is 4.65. The van der Waals surface area contributed by atoms with Gasteiger partial charge in [0, 0.05) is 36.6 Å². The molecule has 1 aromatic carbocycles. The topological polar surface area (TPSA) is 65.1 Å². The van der Waals surface area contributed by atoms with E-state index in [4.69, 9.17) is 5.73 Å². The Hall–Kier alpha value is -2.36. The summed E-state index contributed by atoms with van der Waals surface area (Å²) in [6.45, 7) is 0.599. The van der Waals surface area contributed by atoms with Crippen molar-refractivity contribution in [1.29, 1.82) is 0 Å². The predicted molar refractivity (Wildman–Crippen MR) is 64.8 cm³/mol. The molecule has 0 aliphatic rings. The van der Waals surface area contributed by atoms with E-state index in [1.807, 2.05) is 10.6 Å². The molecule has 86 valence electrons. The van der Waals surface area contributed by atoms with Gasteiger partial charge in [-0.2, -0.15) is 0 Å². The molecular weight excluding hydrogens is 216 g/mol. The molecule has 0 spiro atoms. The largest absolute Gasteiger partial charge is 0.366 e. The molecule has 4 nitrogen and oxygen atoms in total. The second-order valence-corrected chi connectivity index (χ2v) is 3.77. The summed E-state index contributed by atoms with van der Waals surface area (Å²) in [5, 5.41) is 0. The molecule has 0 saturated heterocycles. The highest BCUT2D eigenvalue weighted by Gasteiger charge is 2.01. The molecule has 4 heteroatoms. The molecule has 2 aromatic rings. The van der Waals surface area contributed by atoms with Crippen LogP contribution in [0.15, 0.2) is 53.6 Å². The van der Waals surface area contributed by atoms with E-state index in [9.17, 15) is 9.59 Å². The van der Waals surface area contributed by atoms with Gasteiger partial charge in [-0.15, -0.1) is 0 Å². The zero-order chi connectivity index (χ0) is 12.3. The maximum atomic E-state index is 11.0. The lowest BCUT2D eigenvalue weighted by atomic mass is 10.1. The summed E-state index contributed by atoms with van der Waals surface area (Å²) < 4.78 is 1.86. The van der Waals surface area contributed by atoms with Gasteiger partial charge in [-0.25, -0.2) is 0 Å². The third-order valence-electron chi connectivity index (χ3n) is 2.44. The molecule has 17 heavy (non-hydrogen) atoms. The average molecular weight is 228 g/mol.